The van der Waals surface area contributed by atoms with Crippen LogP contribution in [0.25, 0.3) is 0 Å². The Morgan fingerprint density at radius 3 is 2.56 bits per heavy atom. The molecular formula is C15H22O3. The van der Waals surface area contributed by atoms with E-state index in [0.717, 1.165) is 30.8 Å². The second-order valence-electron chi connectivity index (χ2n) is 5.27. The third-order valence-electron chi connectivity index (χ3n) is 3.50. The first kappa shape index (κ1) is 13.2. The SMILES string of the molecule is COc1cc(C(C)C)ccc1OC1CCC(O)C1. The monoisotopic (exact) mass is 250 g/mol. The molecule has 1 fully saturated rings. The molecule has 1 aromatic carbocycles. The minimum atomic E-state index is -0.212. The topological polar surface area (TPSA) is 38.7 Å². The van der Waals surface area contributed by atoms with E-state index in [1.807, 2.05) is 12.1 Å². The van der Waals surface area contributed by atoms with Gasteiger partial charge in [0.2, 0.25) is 0 Å². The van der Waals surface area contributed by atoms with E-state index in [2.05, 4.69) is 19.9 Å². The van der Waals surface area contributed by atoms with Crippen LogP contribution >= 0.6 is 0 Å². The lowest BCUT2D eigenvalue weighted by atomic mass is 10.0. The molecule has 100 valence electrons. The number of hydrogen-bond acceptors (Lipinski definition) is 3. The number of benzene rings is 1. The summed E-state index contributed by atoms with van der Waals surface area (Å²) in [6.07, 6.45) is 2.36. The summed E-state index contributed by atoms with van der Waals surface area (Å²) in [5.41, 5.74) is 1.24. The van der Waals surface area contributed by atoms with Gasteiger partial charge in [-0.25, -0.2) is 0 Å². The van der Waals surface area contributed by atoms with Crippen molar-refractivity contribution in [3.63, 3.8) is 0 Å². The van der Waals surface area contributed by atoms with E-state index in [1.165, 1.54) is 5.56 Å². The highest BCUT2D eigenvalue weighted by molar-refractivity contribution is 5.44. The third-order valence-corrected chi connectivity index (χ3v) is 3.50. The van der Waals surface area contributed by atoms with Gasteiger partial charge >= 0.3 is 0 Å². The fourth-order valence-electron chi connectivity index (χ4n) is 2.34. The van der Waals surface area contributed by atoms with E-state index in [0.29, 0.717) is 5.92 Å². The Kier molecular flexibility index (Phi) is 4.12. The van der Waals surface area contributed by atoms with Gasteiger partial charge in [-0.05, 0) is 36.5 Å². The van der Waals surface area contributed by atoms with Crippen molar-refractivity contribution in [1.82, 2.24) is 0 Å². The van der Waals surface area contributed by atoms with E-state index in [4.69, 9.17) is 9.47 Å². The maximum Gasteiger partial charge on any atom is 0.161 e. The van der Waals surface area contributed by atoms with Crippen molar-refractivity contribution >= 4 is 0 Å². The standard InChI is InChI=1S/C15H22O3/c1-10(2)11-4-7-14(15(8-11)17-3)18-13-6-5-12(16)9-13/h4,7-8,10,12-13,16H,5-6,9H2,1-3H3. The lowest BCUT2D eigenvalue weighted by Crippen LogP contribution is -2.14. The summed E-state index contributed by atoms with van der Waals surface area (Å²) in [5.74, 6) is 2.03. The van der Waals surface area contributed by atoms with Crippen LogP contribution in [0.15, 0.2) is 18.2 Å². The number of rotatable bonds is 4. The van der Waals surface area contributed by atoms with Crippen LogP contribution in [-0.2, 0) is 0 Å². The molecule has 0 aromatic heterocycles. The van der Waals surface area contributed by atoms with Crippen molar-refractivity contribution in [2.45, 2.75) is 51.2 Å². The Morgan fingerprint density at radius 2 is 2.00 bits per heavy atom. The Hall–Kier alpha value is -1.22. The number of aliphatic hydroxyl groups is 1. The molecule has 2 rings (SSSR count). The Bertz CT molecular complexity index is 401. The molecule has 1 aromatic rings. The zero-order valence-electron chi connectivity index (χ0n) is 11.3. The van der Waals surface area contributed by atoms with E-state index in [1.54, 1.807) is 7.11 Å². The van der Waals surface area contributed by atoms with Crippen LogP contribution in [0.1, 0.15) is 44.6 Å². The first-order valence-corrected chi connectivity index (χ1v) is 6.62. The third kappa shape index (κ3) is 2.96. The average molecular weight is 250 g/mol. The molecule has 0 saturated heterocycles. The zero-order chi connectivity index (χ0) is 13.1. The Morgan fingerprint density at radius 1 is 1.22 bits per heavy atom. The molecule has 2 unspecified atom stereocenters. The van der Waals surface area contributed by atoms with Gasteiger partial charge < -0.3 is 14.6 Å². The van der Waals surface area contributed by atoms with Crippen LogP contribution in [0.5, 0.6) is 11.5 Å². The van der Waals surface area contributed by atoms with Gasteiger partial charge in [0.1, 0.15) is 6.10 Å². The molecule has 0 heterocycles. The van der Waals surface area contributed by atoms with E-state index in [9.17, 15) is 5.11 Å². The van der Waals surface area contributed by atoms with Crippen LogP contribution in [0.2, 0.25) is 0 Å². The molecule has 0 radical (unpaired) electrons. The molecule has 18 heavy (non-hydrogen) atoms. The van der Waals surface area contributed by atoms with Crippen LogP contribution < -0.4 is 9.47 Å². The van der Waals surface area contributed by atoms with Crippen LogP contribution in [0.3, 0.4) is 0 Å². The number of methoxy groups -OCH3 is 1. The fraction of sp³-hybridized carbons (Fsp3) is 0.600. The zero-order valence-corrected chi connectivity index (χ0v) is 11.3. The minimum absolute atomic E-state index is 0.110. The summed E-state index contributed by atoms with van der Waals surface area (Å²) in [4.78, 5) is 0. The maximum absolute atomic E-state index is 9.51. The summed E-state index contributed by atoms with van der Waals surface area (Å²) in [7, 11) is 1.66. The summed E-state index contributed by atoms with van der Waals surface area (Å²) >= 11 is 0. The van der Waals surface area contributed by atoms with Crippen LogP contribution in [0, 0.1) is 0 Å². The summed E-state index contributed by atoms with van der Waals surface area (Å²) in [5, 5.41) is 9.51. The van der Waals surface area contributed by atoms with Crippen molar-refractivity contribution in [3.8, 4) is 11.5 Å². The van der Waals surface area contributed by atoms with Crippen molar-refractivity contribution in [1.29, 1.82) is 0 Å². The molecule has 1 N–H and O–H groups in total. The highest BCUT2D eigenvalue weighted by atomic mass is 16.5. The predicted octanol–water partition coefficient (Wildman–Crippen LogP) is 3.11. The van der Waals surface area contributed by atoms with Gasteiger partial charge in [0, 0.05) is 6.42 Å². The molecule has 0 spiro atoms. The van der Waals surface area contributed by atoms with Crippen LogP contribution in [-0.4, -0.2) is 24.4 Å². The molecule has 3 heteroatoms. The van der Waals surface area contributed by atoms with Crippen molar-refractivity contribution < 1.29 is 14.6 Å². The molecule has 0 bridgehead atoms. The lowest BCUT2D eigenvalue weighted by Gasteiger charge is -2.17. The van der Waals surface area contributed by atoms with Gasteiger partial charge in [-0.15, -0.1) is 0 Å². The molecule has 2 atom stereocenters. The van der Waals surface area contributed by atoms with Gasteiger partial charge in [-0.1, -0.05) is 19.9 Å². The summed E-state index contributed by atoms with van der Waals surface area (Å²) < 4.78 is 11.3. The molecule has 1 aliphatic carbocycles. The molecule has 0 aliphatic heterocycles. The van der Waals surface area contributed by atoms with Gasteiger partial charge in [-0.3, -0.25) is 0 Å². The highest BCUT2D eigenvalue weighted by Gasteiger charge is 2.25. The Balaban J connectivity index is 2.12. The molecule has 3 nitrogen and oxygen atoms in total. The molecule has 1 aliphatic rings. The largest absolute Gasteiger partial charge is 0.493 e. The fourth-order valence-corrected chi connectivity index (χ4v) is 2.34. The average Bonchev–Trinajstić information content (AvgIpc) is 2.75. The van der Waals surface area contributed by atoms with Crippen molar-refractivity contribution in [2.75, 3.05) is 7.11 Å². The molecule has 0 amide bonds. The first-order valence-electron chi connectivity index (χ1n) is 6.62. The predicted molar refractivity (Wildman–Crippen MR) is 71.4 cm³/mol. The van der Waals surface area contributed by atoms with E-state index in [-0.39, 0.29) is 12.2 Å². The van der Waals surface area contributed by atoms with E-state index >= 15 is 0 Å². The lowest BCUT2D eigenvalue weighted by molar-refractivity contribution is 0.147. The highest BCUT2D eigenvalue weighted by Crippen LogP contribution is 2.34. The first-order chi connectivity index (χ1) is 8.60. The Labute approximate surface area is 109 Å². The van der Waals surface area contributed by atoms with Gasteiger partial charge in [0.25, 0.3) is 0 Å². The smallest absolute Gasteiger partial charge is 0.161 e. The minimum Gasteiger partial charge on any atom is -0.493 e. The number of aliphatic hydroxyl groups excluding tert-OH is 1. The van der Waals surface area contributed by atoms with E-state index < -0.39 is 0 Å². The quantitative estimate of drug-likeness (QED) is 0.892. The normalized spacial score (nSPS) is 23.4. The van der Waals surface area contributed by atoms with Crippen molar-refractivity contribution in [2.24, 2.45) is 0 Å². The summed E-state index contributed by atoms with van der Waals surface area (Å²) in [6.45, 7) is 4.31. The second-order valence-corrected chi connectivity index (χ2v) is 5.27. The van der Waals surface area contributed by atoms with Crippen LogP contribution in [0.4, 0.5) is 0 Å². The van der Waals surface area contributed by atoms with Crippen molar-refractivity contribution in [3.05, 3.63) is 23.8 Å². The maximum atomic E-state index is 9.51. The second kappa shape index (κ2) is 5.61. The van der Waals surface area contributed by atoms with Gasteiger partial charge in [-0.2, -0.15) is 0 Å². The number of ether oxygens (including phenoxy) is 2. The van der Waals surface area contributed by atoms with Gasteiger partial charge in [0.15, 0.2) is 11.5 Å². The molecular weight excluding hydrogens is 228 g/mol. The summed E-state index contributed by atoms with van der Waals surface area (Å²) in [6, 6.07) is 6.08. The van der Waals surface area contributed by atoms with Gasteiger partial charge in [0.05, 0.1) is 13.2 Å². The number of hydrogen-bond donors (Lipinski definition) is 1. The molecule has 1 saturated carbocycles.